The number of nitrogen functional groups attached to an aromatic ring is 1. The number of rotatable bonds is 9. The van der Waals surface area contributed by atoms with Gasteiger partial charge in [0.15, 0.2) is 11.5 Å². The van der Waals surface area contributed by atoms with Gasteiger partial charge in [-0.1, -0.05) is 32.3 Å². The molecule has 0 saturated heterocycles. The molecule has 0 bridgehead atoms. The van der Waals surface area contributed by atoms with E-state index in [-0.39, 0.29) is 0 Å². The molecule has 0 radical (unpaired) electrons. The molecule has 0 amide bonds. The maximum Gasteiger partial charge on any atom is 0.221 e. The molecule has 0 unspecified atom stereocenters. The lowest BCUT2D eigenvalue weighted by Crippen LogP contribution is -2.03. The number of hydrogen-bond acceptors (Lipinski definition) is 5. The maximum absolute atomic E-state index is 5.96. The number of methoxy groups -OCH3 is 1. The minimum Gasteiger partial charge on any atom is -0.493 e. The number of aromatic nitrogens is 2. The molecule has 2 aromatic rings. The molecule has 0 aliphatic heterocycles. The highest BCUT2D eigenvalue weighted by molar-refractivity contribution is 5.85. The molecule has 1 aromatic heterocycles. The second-order valence-electron chi connectivity index (χ2n) is 5.62. The van der Waals surface area contributed by atoms with Crippen LogP contribution in [0.3, 0.4) is 0 Å². The van der Waals surface area contributed by atoms with Crippen LogP contribution < -0.4 is 15.2 Å². The average Bonchev–Trinajstić information content (AvgIpc) is 2.90. The highest BCUT2D eigenvalue weighted by atomic mass is 16.5. The summed E-state index contributed by atoms with van der Waals surface area (Å²) in [6.07, 6.45) is 8.11. The second kappa shape index (κ2) is 8.96. The van der Waals surface area contributed by atoms with Crippen LogP contribution in [-0.2, 0) is 0 Å². The number of anilines is 1. The fraction of sp³-hybridized carbons (Fsp3) is 0.444. The van der Waals surface area contributed by atoms with Crippen molar-refractivity contribution in [3.63, 3.8) is 0 Å². The minimum absolute atomic E-state index is 0.355. The van der Waals surface area contributed by atoms with Crippen LogP contribution in [0.4, 0.5) is 5.95 Å². The fourth-order valence-corrected chi connectivity index (χ4v) is 2.37. The van der Waals surface area contributed by atoms with Crippen LogP contribution in [0.1, 0.15) is 43.9 Å². The molecule has 6 nitrogen and oxygen atoms in total. The Morgan fingerprint density at radius 2 is 2.12 bits per heavy atom. The van der Waals surface area contributed by atoms with Gasteiger partial charge in [0.1, 0.15) is 0 Å². The summed E-state index contributed by atoms with van der Waals surface area (Å²) in [6.45, 7) is 4.73. The Labute approximate surface area is 143 Å². The topological polar surface area (TPSA) is 74.7 Å². The van der Waals surface area contributed by atoms with Crippen LogP contribution in [-0.4, -0.2) is 29.6 Å². The van der Waals surface area contributed by atoms with Gasteiger partial charge in [-0.05, 0) is 25.5 Å². The molecule has 0 fully saturated rings. The van der Waals surface area contributed by atoms with Crippen molar-refractivity contribution in [3.8, 4) is 11.5 Å². The molecule has 24 heavy (non-hydrogen) atoms. The van der Waals surface area contributed by atoms with Gasteiger partial charge in [-0.3, -0.25) is 0 Å². The van der Waals surface area contributed by atoms with E-state index >= 15 is 0 Å². The zero-order valence-electron chi connectivity index (χ0n) is 14.7. The van der Waals surface area contributed by atoms with Crippen LogP contribution in [0.25, 0.3) is 0 Å². The predicted molar refractivity (Wildman–Crippen MR) is 97.0 cm³/mol. The number of benzene rings is 1. The summed E-state index contributed by atoms with van der Waals surface area (Å²) in [5.74, 6) is 1.76. The van der Waals surface area contributed by atoms with Crippen LogP contribution in [0.5, 0.6) is 11.5 Å². The Kier molecular flexibility index (Phi) is 6.66. The van der Waals surface area contributed by atoms with Crippen LogP contribution in [0.2, 0.25) is 0 Å². The largest absolute Gasteiger partial charge is 0.493 e. The van der Waals surface area contributed by atoms with E-state index in [1.807, 2.05) is 25.1 Å². The summed E-state index contributed by atoms with van der Waals surface area (Å²) >= 11 is 0. The van der Waals surface area contributed by atoms with Crippen molar-refractivity contribution in [2.24, 2.45) is 5.10 Å². The first-order chi connectivity index (χ1) is 11.7. The molecule has 2 rings (SSSR count). The van der Waals surface area contributed by atoms with E-state index in [2.05, 4.69) is 17.0 Å². The Morgan fingerprint density at radius 3 is 2.79 bits per heavy atom. The molecule has 0 atom stereocenters. The van der Waals surface area contributed by atoms with E-state index in [4.69, 9.17) is 15.2 Å². The molecule has 1 aromatic carbocycles. The van der Waals surface area contributed by atoms with Crippen LogP contribution >= 0.6 is 0 Å². The number of hydrogen-bond donors (Lipinski definition) is 1. The Morgan fingerprint density at radius 1 is 1.29 bits per heavy atom. The molecule has 0 aliphatic carbocycles. The SMILES string of the molecule is CCCCCCOc1c(C=Nn2cc(C)nc2N)cccc1OC. The third-order valence-corrected chi connectivity index (χ3v) is 3.63. The maximum atomic E-state index is 5.96. The van der Waals surface area contributed by atoms with Crippen molar-refractivity contribution in [2.75, 3.05) is 19.5 Å². The lowest BCUT2D eigenvalue weighted by Gasteiger charge is -2.13. The van der Waals surface area contributed by atoms with Crippen LogP contribution in [0, 0.1) is 6.92 Å². The fourth-order valence-electron chi connectivity index (χ4n) is 2.37. The standard InChI is InChI=1S/C18H26N4O2/c1-4-5-6-7-11-24-17-15(9-8-10-16(17)23-3)12-20-22-13-14(2)21-18(22)19/h8-10,12-13H,4-7,11H2,1-3H3,(H2,19,21). The average molecular weight is 330 g/mol. The van der Waals surface area contributed by atoms with Gasteiger partial charge in [0.2, 0.25) is 5.95 Å². The van der Waals surface area contributed by atoms with Crippen molar-refractivity contribution < 1.29 is 9.47 Å². The van der Waals surface area contributed by atoms with Crippen molar-refractivity contribution in [3.05, 3.63) is 35.7 Å². The number of ether oxygens (including phenoxy) is 2. The quantitative estimate of drug-likeness (QED) is 0.563. The third-order valence-electron chi connectivity index (χ3n) is 3.63. The van der Waals surface area contributed by atoms with Gasteiger partial charge in [-0.15, -0.1) is 0 Å². The van der Waals surface area contributed by atoms with E-state index in [9.17, 15) is 0 Å². The molecule has 0 spiro atoms. The summed E-state index contributed by atoms with van der Waals surface area (Å²) in [5.41, 5.74) is 7.47. The van der Waals surface area contributed by atoms with Gasteiger partial charge in [0.05, 0.1) is 31.8 Å². The van der Waals surface area contributed by atoms with Crippen molar-refractivity contribution in [2.45, 2.75) is 39.5 Å². The number of nitrogens with zero attached hydrogens (tertiary/aromatic N) is 3. The lowest BCUT2D eigenvalue weighted by molar-refractivity contribution is 0.285. The number of imidazole rings is 1. The first-order valence-electron chi connectivity index (χ1n) is 8.31. The summed E-state index contributed by atoms with van der Waals surface area (Å²) < 4.78 is 12.9. The van der Waals surface area contributed by atoms with Crippen molar-refractivity contribution >= 4 is 12.2 Å². The van der Waals surface area contributed by atoms with Gasteiger partial charge in [-0.2, -0.15) is 5.10 Å². The normalized spacial score (nSPS) is 11.1. The number of nitrogens with two attached hydrogens (primary N) is 1. The third kappa shape index (κ3) is 4.75. The molecule has 6 heteroatoms. The molecule has 1 heterocycles. The van der Waals surface area contributed by atoms with E-state index < -0.39 is 0 Å². The number of unbranched alkanes of at least 4 members (excludes halogenated alkanes) is 3. The van der Waals surface area contributed by atoms with Crippen molar-refractivity contribution in [1.82, 2.24) is 9.66 Å². The number of aryl methyl sites for hydroxylation is 1. The zero-order chi connectivity index (χ0) is 17.4. The van der Waals surface area contributed by atoms with E-state index in [0.29, 0.717) is 24.1 Å². The second-order valence-corrected chi connectivity index (χ2v) is 5.62. The van der Waals surface area contributed by atoms with E-state index in [0.717, 1.165) is 17.7 Å². The molecule has 2 N–H and O–H groups in total. The Balaban J connectivity index is 2.14. The first kappa shape index (κ1) is 17.8. The molecular formula is C18H26N4O2. The Hall–Kier alpha value is -2.50. The smallest absolute Gasteiger partial charge is 0.221 e. The molecule has 130 valence electrons. The van der Waals surface area contributed by atoms with Gasteiger partial charge < -0.3 is 15.2 Å². The first-order valence-corrected chi connectivity index (χ1v) is 8.31. The van der Waals surface area contributed by atoms with E-state index in [1.54, 1.807) is 24.2 Å². The lowest BCUT2D eigenvalue weighted by atomic mass is 10.2. The van der Waals surface area contributed by atoms with Gasteiger partial charge in [-0.25, -0.2) is 9.66 Å². The molecule has 0 aliphatic rings. The van der Waals surface area contributed by atoms with E-state index in [1.165, 1.54) is 19.3 Å². The van der Waals surface area contributed by atoms with Gasteiger partial charge in [0, 0.05) is 5.56 Å². The van der Waals surface area contributed by atoms with Gasteiger partial charge >= 0.3 is 0 Å². The molecule has 0 saturated carbocycles. The Bertz CT molecular complexity index is 680. The minimum atomic E-state index is 0.355. The predicted octanol–water partition coefficient (Wildman–Crippen LogP) is 3.62. The summed E-state index contributed by atoms with van der Waals surface area (Å²) in [4.78, 5) is 4.13. The summed E-state index contributed by atoms with van der Waals surface area (Å²) in [6, 6.07) is 5.73. The number of para-hydroxylation sites is 1. The highest BCUT2D eigenvalue weighted by Crippen LogP contribution is 2.30. The highest BCUT2D eigenvalue weighted by Gasteiger charge is 2.09. The summed E-state index contributed by atoms with van der Waals surface area (Å²) in [7, 11) is 1.64. The van der Waals surface area contributed by atoms with Crippen LogP contribution in [0.15, 0.2) is 29.5 Å². The monoisotopic (exact) mass is 330 g/mol. The zero-order valence-corrected chi connectivity index (χ0v) is 14.7. The molecular weight excluding hydrogens is 304 g/mol. The summed E-state index contributed by atoms with van der Waals surface area (Å²) in [5, 5.41) is 4.36. The van der Waals surface area contributed by atoms with Crippen molar-refractivity contribution in [1.29, 1.82) is 0 Å². The van der Waals surface area contributed by atoms with Gasteiger partial charge in [0.25, 0.3) is 0 Å².